The molecule has 0 radical (unpaired) electrons. The predicted octanol–water partition coefficient (Wildman–Crippen LogP) is 2.18. The van der Waals surface area contributed by atoms with Gasteiger partial charge in [-0.25, -0.2) is 0 Å². The van der Waals surface area contributed by atoms with Gasteiger partial charge in [0, 0.05) is 19.0 Å². The van der Waals surface area contributed by atoms with Crippen molar-refractivity contribution >= 4 is 18.3 Å². The largest absolute Gasteiger partial charge is 0.352 e. The van der Waals surface area contributed by atoms with Crippen LogP contribution in [0.25, 0.3) is 0 Å². The van der Waals surface area contributed by atoms with Crippen LogP contribution in [0.1, 0.15) is 30.4 Å². The van der Waals surface area contributed by atoms with Gasteiger partial charge in [-0.05, 0) is 37.4 Å². The van der Waals surface area contributed by atoms with E-state index in [1.165, 1.54) is 17.5 Å². The van der Waals surface area contributed by atoms with Crippen molar-refractivity contribution in [3.8, 4) is 0 Å². The van der Waals surface area contributed by atoms with Crippen LogP contribution < -0.4 is 10.6 Å². The van der Waals surface area contributed by atoms with Gasteiger partial charge in [-0.1, -0.05) is 24.3 Å². The molecule has 1 fully saturated rings. The topological polar surface area (TPSA) is 41.1 Å². The smallest absolute Gasteiger partial charge is 0.221 e. The number of rotatable bonds is 4. The third kappa shape index (κ3) is 4.31. The minimum atomic E-state index is 0. The Bertz CT molecular complexity index is 389. The second kappa shape index (κ2) is 7.39. The zero-order valence-electron chi connectivity index (χ0n) is 10.7. The standard InChI is InChI=1S/C14H20N2O.ClH/c1-11-5-2-3-6-12(11)10-16-14(17)9-13-7-4-8-15-13;/h2-3,5-6,13,15H,4,7-10H2,1H3,(H,16,17);1H. The first-order valence-corrected chi connectivity index (χ1v) is 6.30. The minimum absolute atomic E-state index is 0. The van der Waals surface area contributed by atoms with Crippen LogP contribution in [0.15, 0.2) is 24.3 Å². The number of hydrogen-bond acceptors (Lipinski definition) is 2. The highest BCUT2D eigenvalue weighted by Crippen LogP contribution is 2.09. The van der Waals surface area contributed by atoms with Crippen molar-refractivity contribution in [1.82, 2.24) is 10.6 Å². The number of nitrogens with one attached hydrogen (secondary N) is 2. The van der Waals surface area contributed by atoms with Gasteiger partial charge in [0.15, 0.2) is 0 Å². The van der Waals surface area contributed by atoms with Crippen molar-refractivity contribution in [3.05, 3.63) is 35.4 Å². The van der Waals surface area contributed by atoms with Crippen LogP contribution in [0.2, 0.25) is 0 Å². The fourth-order valence-electron chi connectivity index (χ4n) is 2.23. The average Bonchev–Trinajstić information content (AvgIpc) is 2.81. The molecule has 0 spiro atoms. The fraction of sp³-hybridized carbons (Fsp3) is 0.500. The van der Waals surface area contributed by atoms with Crippen LogP contribution >= 0.6 is 12.4 Å². The molecule has 0 bridgehead atoms. The molecular weight excluding hydrogens is 248 g/mol. The maximum atomic E-state index is 11.7. The zero-order valence-corrected chi connectivity index (χ0v) is 11.6. The number of benzene rings is 1. The van der Waals surface area contributed by atoms with E-state index in [9.17, 15) is 4.79 Å². The molecule has 1 amide bonds. The summed E-state index contributed by atoms with van der Waals surface area (Å²) in [6.07, 6.45) is 2.92. The third-order valence-electron chi connectivity index (χ3n) is 3.33. The molecule has 1 atom stereocenters. The number of halogens is 1. The van der Waals surface area contributed by atoms with Crippen molar-refractivity contribution in [2.24, 2.45) is 0 Å². The van der Waals surface area contributed by atoms with E-state index in [4.69, 9.17) is 0 Å². The molecule has 1 aromatic carbocycles. The Kier molecular flexibility index (Phi) is 6.16. The lowest BCUT2D eigenvalue weighted by Gasteiger charge is -2.11. The summed E-state index contributed by atoms with van der Waals surface area (Å²) in [5, 5.41) is 6.32. The summed E-state index contributed by atoms with van der Waals surface area (Å²) in [5.41, 5.74) is 2.42. The van der Waals surface area contributed by atoms with Gasteiger partial charge in [-0.3, -0.25) is 4.79 Å². The van der Waals surface area contributed by atoms with Crippen LogP contribution in [-0.2, 0) is 11.3 Å². The summed E-state index contributed by atoms with van der Waals surface area (Å²) in [6, 6.07) is 8.53. The Morgan fingerprint density at radius 1 is 1.44 bits per heavy atom. The van der Waals surface area contributed by atoms with Crippen molar-refractivity contribution in [3.63, 3.8) is 0 Å². The number of amides is 1. The zero-order chi connectivity index (χ0) is 12.1. The Balaban J connectivity index is 0.00000162. The molecule has 1 aromatic rings. The summed E-state index contributed by atoms with van der Waals surface area (Å²) in [5.74, 6) is 0.146. The predicted molar refractivity (Wildman–Crippen MR) is 75.9 cm³/mol. The first kappa shape index (κ1) is 15.0. The lowest BCUT2D eigenvalue weighted by atomic mass is 10.1. The number of hydrogen-bond donors (Lipinski definition) is 2. The molecule has 1 aliphatic heterocycles. The van der Waals surface area contributed by atoms with Gasteiger partial charge in [0.1, 0.15) is 0 Å². The van der Waals surface area contributed by atoms with E-state index in [1.807, 2.05) is 12.1 Å². The number of aryl methyl sites for hydroxylation is 1. The highest BCUT2D eigenvalue weighted by molar-refractivity contribution is 5.85. The molecule has 4 heteroatoms. The second-order valence-electron chi connectivity index (χ2n) is 4.70. The fourth-order valence-corrected chi connectivity index (χ4v) is 2.23. The molecule has 1 unspecified atom stereocenters. The van der Waals surface area contributed by atoms with Crippen molar-refractivity contribution in [1.29, 1.82) is 0 Å². The molecule has 18 heavy (non-hydrogen) atoms. The van der Waals surface area contributed by atoms with Crippen LogP contribution in [-0.4, -0.2) is 18.5 Å². The molecule has 0 saturated carbocycles. The maximum absolute atomic E-state index is 11.7. The Hall–Kier alpha value is -1.06. The number of carbonyl (C=O) groups is 1. The van der Waals surface area contributed by atoms with E-state index < -0.39 is 0 Å². The van der Waals surface area contributed by atoms with E-state index >= 15 is 0 Å². The Morgan fingerprint density at radius 2 is 2.22 bits per heavy atom. The van der Waals surface area contributed by atoms with Crippen LogP contribution in [0, 0.1) is 6.92 Å². The highest BCUT2D eigenvalue weighted by Gasteiger charge is 2.17. The van der Waals surface area contributed by atoms with Crippen LogP contribution in [0.4, 0.5) is 0 Å². The van der Waals surface area contributed by atoms with E-state index in [1.54, 1.807) is 0 Å². The molecule has 0 aromatic heterocycles. The Labute approximate surface area is 115 Å². The number of carbonyl (C=O) groups excluding carboxylic acids is 1. The molecule has 1 heterocycles. The molecular formula is C14H21ClN2O. The molecule has 0 aliphatic carbocycles. The van der Waals surface area contributed by atoms with Gasteiger partial charge in [-0.2, -0.15) is 0 Å². The van der Waals surface area contributed by atoms with Crippen molar-refractivity contribution in [2.45, 2.75) is 38.8 Å². The lowest BCUT2D eigenvalue weighted by molar-refractivity contribution is -0.121. The monoisotopic (exact) mass is 268 g/mol. The third-order valence-corrected chi connectivity index (χ3v) is 3.33. The highest BCUT2D eigenvalue weighted by atomic mass is 35.5. The average molecular weight is 269 g/mol. The van der Waals surface area contributed by atoms with E-state index in [-0.39, 0.29) is 18.3 Å². The summed E-state index contributed by atoms with van der Waals surface area (Å²) < 4.78 is 0. The normalized spacial score (nSPS) is 18.2. The minimum Gasteiger partial charge on any atom is -0.352 e. The van der Waals surface area contributed by atoms with Gasteiger partial charge in [0.05, 0.1) is 0 Å². The SMILES string of the molecule is Cc1ccccc1CNC(=O)CC1CCCN1.Cl. The van der Waals surface area contributed by atoms with Crippen molar-refractivity contribution in [2.75, 3.05) is 6.54 Å². The van der Waals surface area contributed by atoms with Crippen molar-refractivity contribution < 1.29 is 4.79 Å². The van der Waals surface area contributed by atoms with Gasteiger partial charge in [0.25, 0.3) is 0 Å². The summed E-state index contributed by atoms with van der Waals surface area (Å²) >= 11 is 0. The molecule has 1 saturated heterocycles. The molecule has 3 nitrogen and oxygen atoms in total. The molecule has 2 rings (SSSR count). The van der Waals surface area contributed by atoms with Gasteiger partial charge in [-0.15, -0.1) is 12.4 Å². The van der Waals surface area contributed by atoms with E-state index in [0.29, 0.717) is 19.0 Å². The Morgan fingerprint density at radius 3 is 2.89 bits per heavy atom. The first-order valence-electron chi connectivity index (χ1n) is 6.30. The van der Waals surface area contributed by atoms with Gasteiger partial charge >= 0.3 is 0 Å². The lowest BCUT2D eigenvalue weighted by Crippen LogP contribution is -2.31. The van der Waals surface area contributed by atoms with E-state index in [2.05, 4.69) is 29.7 Å². The van der Waals surface area contributed by atoms with Gasteiger partial charge < -0.3 is 10.6 Å². The summed E-state index contributed by atoms with van der Waals surface area (Å²) in [6.45, 7) is 3.76. The molecule has 1 aliphatic rings. The summed E-state index contributed by atoms with van der Waals surface area (Å²) in [7, 11) is 0. The molecule has 2 N–H and O–H groups in total. The van der Waals surface area contributed by atoms with Crippen LogP contribution in [0.5, 0.6) is 0 Å². The molecule has 100 valence electrons. The maximum Gasteiger partial charge on any atom is 0.221 e. The summed E-state index contributed by atoms with van der Waals surface area (Å²) in [4.78, 5) is 11.7. The first-order chi connectivity index (χ1) is 8.25. The van der Waals surface area contributed by atoms with E-state index in [0.717, 1.165) is 13.0 Å². The second-order valence-corrected chi connectivity index (χ2v) is 4.70. The van der Waals surface area contributed by atoms with Gasteiger partial charge in [0.2, 0.25) is 5.91 Å². The van der Waals surface area contributed by atoms with Crippen LogP contribution in [0.3, 0.4) is 0 Å². The quantitative estimate of drug-likeness (QED) is 0.879.